The SMILES string of the molecule is Cc1cc(-c2ncnc(C)c2-c2cncc(NS(C)(=O)=O)c2)ccn1. The minimum atomic E-state index is -3.38. The van der Waals surface area contributed by atoms with Crippen molar-refractivity contribution in [3.8, 4) is 22.4 Å². The van der Waals surface area contributed by atoms with Crippen molar-refractivity contribution in [2.45, 2.75) is 13.8 Å². The Balaban J connectivity index is 2.16. The minimum absolute atomic E-state index is 0.389. The van der Waals surface area contributed by atoms with Gasteiger partial charge in [0.05, 0.1) is 23.8 Å². The zero-order valence-electron chi connectivity index (χ0n) is 14.1. The van der Waals surface area contributed by atoms with Crippen LogP contribution >= 0.6 is 0 Å². The fourth-order valence-electron chi connectivity index (χ4n) is 2.58. The molecule has 128 valence electrons. The van der Waals surface area contributed by atoms with Gasteiger partial charge in [-0.2, -0.15) is 0 Å². The Hall–Kier alpha value is -2.87. The molecule has 25 heavy (non-hydrogen) atoms. The molecule has 0 amide bonds. The van der Waals surface area contributed by atoms with Crippen LogP contribution in [0.5, 0.6) is 0 Å². The first kappa shape index (κ1) is 17.0. The van der Waals surface area contributed by atoms with Gasteiger partial charge in [-0.25, -0.2) is 18.4 Å². The van der Waals surface area contributed by atoms with E-state index in [1.807, 2.05) is 26.0 Å². The summed E-state index contributed by atoms with van der Waals surface area (Å²) < 4.78 is 25.4. The lowest BCUT2D eigenvalue weighted by molar-refractivity contribution is 0.607. The van der Waals surface area contributed by atoms with E-state index in [1.165, 1.54) is 12.5 Å². The third-order valence-electron chi connectivity index (χ3n) is 3.54. The van der Waals surface area contributed by atoms with E-state index in [4.69, 9.17) is 0 Å². The molecule has 1 N–H and O–H groups in total. The van der Waals surface area contributed by atoms with Crippen LogP contribution in [-0.2, 0) is 10.0 Å². The van der Waals surface area contributed by atoms with Crippen LogP contribution in [0, 0.1) is 13.8 Å². The number of sulfonamides is 1. The monoisotopic (exact) mass is 355 g/mol. The molecule has 0 saturated heterocycles. The fraction of sp³-hybridized carbons (Fsp3) is 0.176. The van der Waals surface area contributed by atoms with E-state index in [-0.39, 0.29) is 0 Å². The summed E-state index contributed by atoms with van der Waals surface area (Å²) in [6, 6.07) is 5.54. The minimum Gasteiger partial charge on any atom is -0.282 e. The van der Waals surface area contributed by atoms with Crippen molar-refractivity contribution in [1.82, 2.24) is 19.9 Å². The number of pyridine rings is 2. The summed E-state index contributed by atoms with van der Waals surface area (Å²) in [5, 5.41) is 0. The third-order valence-corrected chi connectivity index (χ3v) is 4.14. The molecule has 0 aromatic carbocycles. The molecule has 7 nitrogen and oxygen atoms in total. The molecule has 0 spiro atoms. The summed E-state index contributed by atoms with van der Waals surface area (Å²) in [7, 11) is -3.38. The van der Waals surface area contributed by atoms with Crippen LogP contribution in [0.2, 0.25) is 0 Å². The molecule has 0 aliphatic carbocycles. The zero-order valence-corrected chi connectivity index (χ0v) is 14.9. The molecular weight excluding hydrogens is 338 g/mol. The molecule has 3 rings (SSSR count). The molecule has 3 heterocycles. The van der Waals surface area contributed by atoms with Crippen molar-refractivity contribution in [1.29, 1.82) is 0 Å². The van der Waals surface area contributed by atoms with Gasteiger partial charge in [-0.15, -0.1) is 0 Å². The van der Waals surface area contributed by atoms with Crippen LogP contribution in [0.15, 0.2) is 43.1 Å². The van der Waals surface area contributed by atoms with Gasteiger partial charge in [-0.05, 0) is 32.0 Å². The number of hydrogen-bond acceptors (Lipinski definition) is 6. The van der Waals surface area contributed by atoms with Crippen LogP contribution in [0.3, 0.4) is 0 Å². The Labute approximate surface area is 146 Å². The molecule has 0 unspecified atom stereocenters. The topological polar surface area (TPSA) is 97.7 Å². The highest BCUT2D eigenvalue weighted by Crippen LogP contribution is 2.32. The lowest BCUT2D eigenvalue weighted by Gasteiger charge is -2.12. The summed E-state index contributed by atoms with van der Waals surface area (Å²) in [6.07, 6.45) is 7.46. The van der Waals surface area contributed by atoms with Crippen LogP contribution in [0.1, 0.15) is 11.4 Å². The number of hydrogen-bond donors (Lipinski definition) is 1. The van der Waals surface area contributed by atoms with Crippen molar-refractivity contribution in [3.05, 3.63) is 54.5 Å². The quantitative estimate of drug-likeness (QED) is 0.772. The maximum Gasteiger partial charge on any atom is 0.229 e. The molecule has 0 aliphatic rings. The van der Waals surface area contributed by atoms with Gasteiger partial charge in [0.2, 0.25) is 10.0 Å². The second-order valence-electron chi connectivity index (χ2n) is 5.71. The third kappa shape index (κ3) is 3.97. The number of aromatic nitrogens is 4. The molecule has 0 aliphatic heterocycles. The van der Waals surface area contributed by atoms with Gasteiger partial charge < -0.3 is 0 Å². The lowest BCUT2D eigenvalue weighted by Crippen LogP contribution is -2.09. The average molecular weight is 355 g/mol. The Morgan fingerprint density at radius 1 is 1.00 bits per heavy atom. The highest BCUT2D eigenvalue weighted by Gasteiger charge is 2.14. The highest BCUT2D eigenvalue weighted by molar-refractivity contribution is 7.92. The van der Waals surface area contributed by atoms with Gasteiger partial charge in [0, 0.05) is 40.5 Å². The van der Waals surface area contributed by atoms with Crippen molar-refractivity contribution < 1.29 is 8.42 Å². The Morgan fingerprint density at radius 3 is 2.52 bits per heavy atom. The van der Waals surface area contributed by atoms with Gasteiger partial charge in [0.1, 0.15) is 6.33 Å². The van der Waals surface area contributed by atoms with E-state index in [1.54, 1.807) is 18.5 Å². The Morgan fingerprint density at radius 2 is 1.80 bits per heavy atom. The van der Waals surface area contributed by atoms with Gasteiger partial charge in [-0.3, -0.25) is 14.7 Å². The van der Waals surface area contributed by atoms with E-state index in [9.17, 15) is 8.42 Å². The molecule has 3 aromatic heterocycles. The molecule has 3 aromatic rings. The van der Waals surface area contributed by atoms with Crippen LogP contribution in [0.4, 0.5) is 5.69 Å². The maximum atomic E-state index is 11.5. The predicted molar refractivity (Wildman–Crippen MR) is 96.4 cm³/mol. The summed E-state index contributed by atoms with van der Waals surface area (Å²) in [5.74, 6) is 0. The van der Waals surface area contributed by atoms with Crippen molar-refractivity contribution in [2.24, 2.45) is 0 Å². The molecule has 0 fully saturated rings. The molecule has 0 saturated carbocycles. The number of rotatable bonds is 4. The predicted octanol–water partition coefficient (Wildman–Crippen LogP) is 2.59. The second-order valence-corrected chi connectivity index (χ2v) is 7.45. The molecule has 0 atom stereocenters. The average Bonchev–Trinajstić information content (AvgIpc) is 2.53. The first-order valence-corrected chi connectivity index (χ1v) is 9.40. The van der Waals surface area contributed by atoms with E-state index < -0.39 is 10.0 Å². The van der Waals surface area contributed by atoms with Crippen molar-refractivity contribution >= 4 is 15.7 Å². The molecule has 0 radical (unpaired) electrons. The molecule has 0 bridgehead atoms. The van der Waals surface area contributed by atoms with Crippen LogP contribution < -0.4 is 4.72 Å². The van der Waals surface area contributed by atoms with Crippen molar-refractivity contribution in [2.75, 3.05) is 11.0 Å². The second kappa shape index (κ2) is 6.56. The summed E-state index contributed by atoms with van der Waals surface area (Å²) in [6.45, 7) is 3.79. The van der Waals surface area contributed by atoms with Crippen LogP contribution in [0.25, 0.3) is 22.4 Å². The number of anilines is 1. The normalized spacial score (nSPS) is 11.3. The van der Waals surface area contributed by atoms with Gasteiger partial charge in [-0.1, -0.05) is 0 Å². The summed E-state index contributed by atoms with van der Waals surface area (Å²) in [5.41, 5.74) is 5.24. The van der Waals surface area contributed by atoms with Gasteiger partial charge >= 0.3 is 0 Å². The smallest absolute Gasteiger partial charge is 0.229 e. The fourth-order valence-corrected chi connectivity index (χ4v) is 3.12. The number of nitrogens with zero attached hydrogens (tertiary/aromatic N) is 4. The number of nitrogens with one attached hydrogen (secondary N) is 1. The summed E-state index contributed by atoms with van der Waals surface area (Å²) in [4.78, 5) is 17.1. The van der Waals surface area contributed by atoms with E-state index in [0.29, 0.717) is 5.69 Å². The Kier molecular flexibility index (Phi) is 4.45. The van der Waals surface area contributed by atoms with Gasteiger partial charge in [0.25, 0.3) is 0 Å². The van der Waals surface area contributed by atoms with E-state index in [2.05, 4.69) is 24.7 Å². The standard InChI is InChI=1S/C17H17N5O2S/c1-11-6-13(4-5-19-11)17-16(12(2)20-10-21-17)14-7-15(9-18-8-14)22-25(3,23)24/h4-10,22H,1-3H3. The zero-order chi connectivity index (χ0) is 18.0. The number of aryl methyl sites for hydroxylation is 2. The first-order valence-electron chi connectivity index (χ1n) is 7.51. The van der Waals surface area contributed by atoms with E-state index >= 15 is 0 Å². The van der Waals surface area contributed by atoms with Gasteiger partial charge in [0.15, 0.2) is 0 Å². The van der Waals surface area contributed by atoms with Crippen LogP contribution in [-0.4, -0.2) is 34.6 Å². The summed E-state index contributed by atoms with van der Waals surface area (Å²) >= 11 is 0. The molecule has 8 heteroatoms. The van der Waals surface area contributed by atoms with Crippen molar-refractivity contribution in [3.63, 3.8) is 0 Å². The first-order chi connectivity index (χ1) is 11.8. The lowest BCUT2D eigenvalue weighted by atomic mass is 9.99. The Bertz CT molecular complexity index is 1030. The molecular formula is C17H17N5O2S. The highest BCUT2D eigenvalue weighted by atomic mass is 32.2. The maximum absolute atomic E-state index is 11.5. The van der Waals surface area contributed by atoms with E-state index in [0.717, 1.165) is 40.0 Å². The largest absolute Gasteiger partial charge is 0.282 e.